The molecule has 5 nitrogen and oxygen atoms in total. The lowest BCUT2D eigenvalue weighted by Crippen LogP contribution is -2.00. The number of hydrogen-bond donors (Lipinski definition) is 2. The van der Waals surface area contributed by atoms with Crippen LogP contribution in [0.1, 0.15) is 5.56 Å². The number of aromatic hydroxyl groups is 1. The highest BCUT2D eigenvalue weighted by atomic mass is 79.9. The Kier molecular flexibility index (Phi) is 4.61. The van der Waals surface area contributed by atoms with E-state index in [-0.39, 0.29) is 11.4 Å². The second-order valence-electron chi connectivity index (χ2n) is 4.06. The van der Waals surface area contributed by atoms with Crippen molar-refractivity contribution < 1.29 is 10.0 Å². The van der Waals surface area contributed by atoms with Crippen molar-refractivity contribution in [2.75, 3.05) is 5.32 Å². The van der Waals surface area contributed by atoms with Gasteiger partial charge in [-0.15, -0.1) is 0 Å². The van der Waals surface area contributed by atoms with Gasteiger partial charge in [-0.05, 0) is 61.7 Å². The van der Waals surface area contributed by atoms with Crippen molar-refractivity contribution in [3.63, 3.8) is 0 Å². The highest BCUT2D eigenvalue weighted by Gasteiger charge is 2.11. The minimum Gasteiger partial charge on any atom is -0.507 e. The fraction of sp³-hybridized carbons (Fsp3) is 0.0769. The Balaban J connectivity index is 2.09. The van der Waals surface area contributed by atoms with Crippen LogP contribution in [0.5, 0.6) is 5.75 Å². The molecule has 7 heteroatoms. The van der Waals surface area contributed by atoms with E-state index in [0.717, 1.165) is 11.3 Å². The molecule has 0 unspecified atom stereocenters. The molecular formula is C13H10Br2N2O3. The van der Waals surface area contributed by atoms with Gasteiger partial charge in [-0.3, -0.25) is 10.1 Å². The number of phenolic OH excluding ortho intramolecular Hbond substituents is 1. The molecule has 0 aliphatic carbocycles. The van der Waals surface area contributed by atoms with E-state index in [1.165, 1.54) is 6.07 Å². The number of nitro benzene ring substituents is 1. The van der Waals surface area contributed by atoms with Gasteiger partial charge >= 0.3 is 0 Å². The van der Waals surface area contributed by atoms with Gasteiger partial charge in [0.15, 0.2) is 0 Å². The van der Waals surface area contributed by atoms with E-state index in [4.69, 9.17) is 0 Å². The molecule has 0 atom stereocenters. The van der Waals surface area contributed by atoms with Gasteiger partial charge in [0.2, 0.25) is 0 Å². The van der Waals surface area contributed by atoms with E-state index in [1.807, 2.05) is 6.07 Å². The fourth-order valence-electron chi connectivity index (χ4n) is 1.63. The standard InChI is InChI=1S/C13H10Br2N2O3/c14-10-6-9(2-3-12(10)17(19)20)16-7-8-1-4-13(18)11(15)5-8/h1-6,16,18H,7H2. The predicted octanol–water partition coefficient (Wildman–Crippen LogP) is 4.44. The lowest BCUT2D eigenvalue weighted by molar-refractivity contribution is -0.385. The zero-order valence-electron chi connectivity index (χ0n) is 10.1. The molecule has 0 saturated heterocycles. The van der Waals surface area contributed by atoms with Crippen LogP contribution in [-0.4, -0.2) is 10.0 Å². The number of nitro groups is 1. The molecular weight excluding hydrogens is 392 g/mol. The van der Waals surface area contributed by atoms with Gasteiger partial charge in [0.1, 0.15) is 5.75 Å². The molecule has 0 heterocycles. The van der Waals surface area contributed by atoms with Crippen LogP contribution in [-0.2, 0) is 6.54 Å². The smallest absolute Gasteiger partial charge is 0.283 e. The number of nitrogens with zero attached hydrogens (tertiary/aromatic N) is 1. The van der Waals surface area contributed by atoms with Crippen LogP contribution in [0.3, 0.4) is 0 Å². The van der Waals surface area contributed by atoms with Gasteiger partial charge in [-0.1, -0.05) is 6.07 Å². The van der Waals surface area contributed by atoms with E-state index in [1.54, 1.807) is 24.3 Å². The summed E-state index contributed by atoms with van der Waals surface area (Å²) in [5, 5.41) is 23.3. The molecule has 0 saturated carbocycles. The van der Waals surface area contributed by atoms with Gasteiger partial charge in [-0.2, -0.15) is 0 Å². The topological polar surface area (TPSA) is 75.4 Å². The van der Waals surface area contributed by atoms with Gasteiger partial charge in [0.05, 0.1) is 13.9 Å². The molecule has 0 aliphatic rings. The molecule has 104 valence electrons. The highest BCUT2D eigenvalue weighted by molar-refractivity contribution is 9.11. The maximum absolute atomic E-state index is 10.7. The summed E-state index contributed by atoms with van der Waals surface area (Å²) in [5.41, 5.74) is 1.78. The molecule has 20 heavy (non-hydrogen) atoms. The number of halogens is 2. The first-order valence-corrected chi connectivity index (χ1v) is 7.21. The van der Waals surface area contributed by atoms with E-state index in [0.29, 0.717) is 15.5 Å². The number of rotatable bonds is 4. The lowest BCUT2D eigenvalue weighted by Gasteiger charge is -2.08. The molecule has 0 spiro atoms. The third-order valence-electron chi connectivity index (χ3n) is 2.65. The first-order valence-electron chi connectivity index (χ1n) is 5.62. The van der Waals surface area contributed by atoms with Crippen molar-refractivity contribution in [3.8, 4) is 5.75 Å². The third kappa shape index (κ3) is 3.49. The summed E-state index contributed by atoms with van der Waals surface area (Å²) < 4.78 is 1.06. The average Bonchev–Trinajstić information content (AvgIpc) is 2.40. The molecule has 2 rings (SSSR count). The SMILES string of the molecule is O=[N+]([O-])c1ccc(NCc2ccc(O)c(Br)c2)cc1Br. The Bertz CT molecular complexity index is 662. The number of nitrogens with one attached hydrogen (secondary N) is 1. The van der Waals surface area contributed by atoms with E-state index in [2.05, 4.69) is 37.2 Å². The number of phenols is 1. The summed E-state index contributed by atoms with van der Waals surface area (Å²) >= 11 is 6.42. The van der Waals surface area contributed by atoms with Gasteiger partial charge in [0.25, 0.3) is 5.69 Å². The minimum atomic E-state index is -0.440. The Morgan fingerprint density at radius 1 is 1.15 bits per heavy atom. The second kappa shape index (κ2) is 6.23. The Morgan fingerprint density at radius 3 is 2.50 bits per heavy atom. The number of anilines is 1. The third-order valence-corrected chi connectivity index (χ3v) is 3.92. The first kappa shape index (κ1) is 14.8. The molecule has 2 N–H and O–H groups in total. The van der Waals surface area contributed by atoms with Crippen molar-refractivity contribution in [2.24, 2.45) is 0 Å². The molecule has 2 aromatic carbocycles. The van der Waals surface area contributed by atoms with Crippen molar-refractivity contribution >= 4 is 43.2 Å². The molecule has 0 aromatic heterocycles. The molecule has 0 bridgehead atoms. The summed E-state index contributed by atoms with van der Waals surface area (Å²) in [7, 11) is 0. The Labute approximate surface area is 132 Å². The monoisotopic (exact) mass is 400 g/mol. The molecule has 0 amide bonds. The quantitative estimate of drug-likeness (QED) is 0.586. The van der Waals surface area contributed by atoms with Crippen molar-refractivity contribution in [1.82, 2.24) is 0 Å². The summed E-state index contributed by atoms with van der Waals surface area (Å²) in [6.45, 7) is 0.545. The van der Waals surface area contributed by atoms with Crippen LogP contribution in [0.4, 0.5) is 11.4 Å². The Morgan fingerprint density at radius 2 is 1.90 bits per heavy atom. The van der Waals surface area contributed by atoms with E-state index >= 15 is 0 Å². The van der Waals surface area contributed by atoms with Crippen LogP contribution in [0.2, 0.25) is 0 Å². The fourth-order valence-corrected chi connectivity index (χ4v) is 2.58. The van der Waals surface area contributed by atoms with Gasteiger partial charge in [0, 0.05) is 18.3 Å². The average molecular weight is 402 g/mol. The van der Waals surface area contributed by atoms with E-state index in [9.17, 15) is 15.2 Å². The highest BCUT2D eigenvalue weighted by Crippen LogP contribution is 2.28. The number of benzene rings is 2. The normalized spacial score (nSPS) is 10.3. The Hall–Kier alpha value is -1.60. The van der Waals surface area contributed by atoms with Crippen molar-refractivity contribution in [2.45, 2.75) is 6.54 Å². The summed E-state index contributed by atoms with van der Waals surface area (Å²) in [4.78, 5) is 10.3. The van der Waals surface area contributed by atoms with Crippen LogP contribution < -0.4 is 5.32 Å². The van der Waals surface area contributed by atoms with Gasteiger partial charge < -0.3 is 10.4 Å². The molecule has 0 radical (unpaired) electrons. The lowest BCUT2D eigenvalue weighted by atomic mass is 10.2. The molecule has 0 fully saturated rings. The largest absolute Gasteiger partial charge is 0.507 e. The first-order chi connectivity index (χ1) is 9.47. The summed E-state index contributed by atoms with van der Waals surface area (Å²) in [6.07, 6.45) is 0. The van der Waals surface area contributed by atoms with E-state index < -0.39 is 4.92 Å². The predicted molar refractivity (Wildman–Crippen MR) is 83.9 cm³/mol. The molecule has 0 aliphatic heterocycles. The zero-order valence-corrected chi connectivity index (χ0v) is 13.3. The summed E-state index contributed by atoms with van der Waals surface area (Å²) in [6, 6.07) is 9.97. The zero-order chi connectivity index (χ0) is 14.7. The van der Waals surface area contributed by atoms with Crippen LogP contribution >= 0.6 is 31.9 Å². The van der Waals surface area contributed by atoms with Crippen LogP contribution in [0.15, 0.2) is 45.3 Å². The maximum atomic E-state index is 10.7. The van der Waals surface area contributed by atoms with Gasteiger partial charge in [-0.25, -0.2) is 0 Å². The van der Waals surface area contributed by atoms with Crippen LogP contribution in [0, 0.1) is 10.1 Å². The van der Waals surface area contributed by atoms with Crippen molar-refractivity contribution in [1.29, 1.82) is 0 Å². The minimum absolute atomic E-state index is 0.0305. The second-order valence-corrected chi connectivity index (χ2v) is 5.77. The maximum Gasteiger partial charge on any atom is 0.283 e. The van der Waals surface area contributed by atoms with Crippen molar-refractivity contribution in [3.05, 3.63) is 61.0 Å². The van der Waals surface area contributed by atoms with Crippen LogP contribution in [0.25, 0.3) is 0 Å². The number of hydrogen-bond acceptors (Lipinski definition) is 4. The molecule has 2 aromatic rings. The summed E-state index contributed by atoms with van der Waals surface area (Å²) in [5.74, 6) is 0.187.